The molecule has 0 heterocycles. The SMILES string of the molecule is CCCCCCCCCCCCCC(C)c1cc(O)c(S(=O)(=O)O)cc1O.[KH]. The molecule has 0 aromatic heterocycles. The molecule has 0 saturated heterocycles. The molecule has 1 rings (SSSR count). The molecule has 0 aliphatic rings. The van der Waals surface area contributed by atoms with Gasteiger partial charge in [0.1, 0.15) is 16.4 Å². The van der Waals surface area contributed by atoms with Crippen LogP contribution < -0.4 is 0 Å². The van der Waals surface area contributed by atoms with Gasteiger partial charge in [0.25, 0.3) is 10.1 Å². The fourth-order valence-corrected chi connectivity index (χ4v) is 4.03. The van der Waals surface area contributed by atoms with E-state index in [0.717, 1.165) is 25.3 Å². The van der Waals surface area contributed by atoms with E-state index in [1.807, 2.05) is 6.92 Å². The van der Waals surface area contributed by atoms with Crippen LogP contribution in [-0.4, -0.2) is 74.6 Å². The molecule has 1 unspecified atom stereocenters. The summed E-state index contributed by atoms with van der Waals surface area (Å²) in [6.07, 6.45) is 14.8. The van der Waals surface area contributed by atoms with Gasteiger partial charge >= 0.3 is 51.4 Å². The summed E-state index contributed by atoms with van der Waals surface area (Å²) >= 11 is 0. The maximum absolute atomic E-state index is 11.2. The van der Waals surface area contributed by atoms with E-state index in [4.69, 9.17) is 4.55 Å². The first-order valence-corrected chi connectivity index (χ1v) is 11.7. The summed E-state index contributed by atoms with van der Waals surface area (Å²) in [4.78, 5) is -0.661. The normalized spacial score (nSPS) is 12.5. The van der Waals surface area contributed by atoms with Crippen molar-refractivity contribution in [2.75, 3.05) is 0 Å². The quantitative estimate of drug-likeness (QED) is 0.154. The molecule has 0 spiro atoms. The van der Waals surface area contributed by atoms with E-state index in [-0.39, 0.29) is 63.1 Å². The molecule has 3 N–H and O–H groups in total. The van der Waals surface area contributed by atoms with Crippen LogP contribution in [0.25, 0.3) is 0 Å². The number of benzene rings is 1. The predicted molar refractivity (Wildman–Crippen MR) is 116 cm³/mol. The zero-order valence-corrected chi connectivity index (χ0v) is 17.6. The third-order valence-corrected chi connectivity index (χ3v) is 6.04. The minimum atomic E-state index is -4.55. The van der Waals surface area contributed by atoms with Crippen LogP contribution in [0.2, 0.25) is 0 Å². The van der Waals surface area contributed by atoms with Gasteiger partial charge in [0.05, 0.1) is 0 Å². The van der Waals surface area contributed by atoms with Crippen LogP contribution in [0, 0.1) is 0 Å². The van der Waals surface area contributed by atoms with Gasteiger partial charge in [-0.2, -0.15) is 8.42 Å². The van der Waals surface area contributed by atoms with E-state index >= 15 is 0 Å². The standard InChI is InChI=1S/C21H36O5S.K.H/c1-3-4-5-6-7-8-9-10-11-12-13-14-17(2)18-15-20(23)21(16-19(18)22)27(24,25)26;;/h15-17,22-23H,3-14H2,1-2H3,(H,24,25,26);;. The molecule has 1 atom stereocenters. The van der Waals surface area contributed by atoms with Gasteiger partial charge in [0.15, 0.2) is 0 Å². The molecule has 5 nitrogen and oxygen atoms in total. The Morgan fingerprint density at radius 2 is 1.29 bits per heavy atom. The average Bonchev–Trinajstić information content (AvgIpc) is 2.60. The van der Waals surface area contributed by atoms with Gasteiger partial charge in [0, 0.05) is 11.6 Å². The van der Waals surface area contributed by atoms with Crippen LogP contribution in [0.1, 0.15) is 102 Å². The summed E-state index contributed by atoms with van der Waals surface area (Å²) < 4.78 is 31.4. The molecule has 158 valence electrons. The van der Waals surface area contributed by atoms with E-state index in [1.54, 1.807) is 0 Å². The number of phenols is 2. The van der Waals surface area contributed by atoms with Gasteiger partial charge in [-0.3, -0.25) is 4.55 Å². The van der Waals surface area contributed by atoms with Crippen LogP contribution in [0.4, 0.5) is 0 Å². The first-order valence-electron chi connectivity index (χ1n) is 10.3. The summed E-state index contributed by atoms with van der Waals surface area (Å²) in [5.74, 6) is -0.739. The molecular formula is C21H37KO5S. The molecule has 0 saturated carbocycles. The van der Waals surface area contributed by atoms with Crippen LogP contribution in [0.5, 0.6) is 11.5 Å². The number of hydrogen-bond acceptors (Lipinski definition) is 4. The Morgan fingerprint density at radius 3 is 1.75 bits per heavy atom. The fraction of sp³-hybridized carbons (Fsp3) is 0.714. The molecule has 1 aromatic rings. The molecule has 28 heavy (non-hydrogen) atoms. The van der Waals surface area contributed by atoms with Crippen molar-refractivity contribution in [1.82, 2.24) is 0 Å². The molecule has 7 heteroatoms. The van der Waals surface area contributed by atoms with Gasteiger partial charge in [-0.1, -0.05) is 84.5 Å². The maximum atomic E-state index is 11.2. The van der Waals surface area contributed by atoms with Crippen molar-refractivity contribution in [3.63, 3.8) is 0 Å². The van der Waals surface area contributed by atoms with Crippen molar-refractivity contribution >= 4 is 61.5 Å². The van der Waals surface area contributed by atoms with E-state index in [2.05, 4.69) is 6.92 Å². The van der Waals surface area contributed by atoms with Crippen LogP contribution >= 0.6 is 0 Å². The fourth-order valence-electron chi connectivity index (χ4n) is 3.45. The number of unbranched alkanes of at least 4 members (excludes halogenated alkanes) is 10. The van der Waals surface area contributed by atoms with E-state index in [1.165, 1.54) is 63.9 Å². The van der Waals surface area contributed by atoms with Crippen molar-refractivity contribution in [3.05, 3.63) is 17.7 Å². The van der Waals surface area contributed by atoms with Gasteiger partial charge in [-0.25, -0.2) is 0 Å². The zero-order valence-electron chi connectivity index (χ0n) is 16.8. The van der Waals surface area contributed by atoms with Crippen molar-refractivity contribution < 1.29 is 23.2 Å². The molecule has 0 aliphatic carbocycles. The molecule has 0 radical (unpaired) electrons. The summed E-state index contributed by atoms with van der Waals surface area (Å²) in [5, 5.41) is 19.9. The van der Waals surface area contributed by atoms with Gasteiger partial charge in [-0.05, 0) is 18.4 Å². The Kier molecular flexibility index (Phi) is 15.4. The van der Waals surface area contributed by atoms with Crippen molar-refractivity contribution in [1.29, 1.82) is 0 Å². The van der Waals surface area contributed by atoms with Crippen molar-refractivity contribution in [2.24, 2.45) is 0 Å². The summed E-state index contributed by atoms with van der Waals surface area (Å²) in [7, 11) is -4.55. The molecule has 0 fully saturated rings. The molecule has 0 bridgehead atoms. The van der Waals surface area contributed by atoms with E-state index < -0.39 is 20.8 Å². The Labute approximate surface area is 213 Å². The molecule has 0 amide bonds. The van der Waals surface area contributed by atoms with Crippen LogP contribution in [-0.2, 0) is 10.1 Å². The number of rotatable bonds is 14. The Hall–Kier alpha value is 0.366. The van der Waals surface area contributed by atoms with Gasteiger partial charge in [-0.15, -0.1) is 0 Å². The van der Waals surface area contributed by atoms with Crippen molar-refractivity contribution in [2.45, 2.75) is 102 Å². The third-order valence-electron chi connectivity index (χ3n) is 5.16. The third kappa shape index (κ3) is 10.9. The van der Waals surface area contributed by atoms with E-state index in [0.29, 0.717) is 5.56 Å². The van der Waals surface area contributed by atoms with Gasteiger partial charge < -0.3 is 10.2 Å². The number of hydrogen-bond donors (Lipinski definition) is 3. The minimum absolute atomic E-state index is 0. The molecule has 1 aromatic carbocycles. The first-order chi connectivity index (χ1) is 12.8. The summed E-state index contributed by atoms with van der Waals surface area (Å²) in [6.45, 7) is 4.18. The Bertz CT molecular complexity index is 661. The van der Waals surface area contributed by atoms with Crippen LogP contribution in [0.15, 0.2) is 17.0 Å². The zero-order chi connectivity index (χ0) is 20.3. The van der Waals surface area contributed by atoms with Gasteiger partial charge in [0.2, 0.25) is 0 Å². The Morgan fingerprint density at radius 1 is 0.821 bits per heavy atom. The number of phenolic OH excluding ortho intramolecular Hbond substituents is 2. The monoisotopic (exact) mass is 440 g/mol. The summed E-state index contributed by atoms with van der Waals surface area (Å²) in [5.41, 5.74) is 0.506. The number of aromatic hydroxyl groups is 2. The second-order valence-electron chi connectivity index (χ2n) is 7.58. The average molecular weight is 441 g/mol. The van der Waals surface area contributed by atoms with Crippen LogP contribution in [0.3, 0.4) is 0 Å². The first kappa shape index (κ1) is 28.4. The Balaban J connectivity index is 0.00000729. The second kappa shape index (κ2) is 15.2. The summed E-state index contributed by atoms with van der Waals surface area (Å²) in [6, 6.07) is 2.15. The topological polar surface area (TPSA) is 94.8 Å². The predicted octanol–water partition coefficient (Wildman–Crippen LogP) is 5.50. The van der Waals surface area contributed by atoms with Crippen molar-refractivity contribution in [3.8, 4) is 11.5 Å². The molecule has 0 aliphatic heterocycles. The van der Waals surface area contributed by atoms with E-state index in [9.17, 15) is 18.6 Å². The second-order valence-corrected chi connectivity index (χ2v) is 8.97. The molecular weight excluding hydrogens is 403 g/mol.